The lowest BCUT2D eigenvalue weighted by Crippen LogP contribution is -2.14. The van der Waals surface area contributed by atoms with Crippen molar-refractivity contribution < 1.29 is 4.74 Å². The summed E-state index contributed by atoms with van der Waals surface area (Å²) in [4.78, 5) is 0. The SMILES string of the molecule is COc1c[nH]nc1C(Cl)(Br)c1ccc(Cl)cc1Cl. The van der Waals surface area contributed by atoms with Crippen molar-refractivity contribution in [2.45, 2.75) is 3.78 Å². The monoisotopic (exact) mass is 368 g/mol. The molecule has 3 nitrogen and oxygen atoms in total. The maximum Gasteiger partial charge on any atom is 0.173 e. The molecule has 1 aromatic carbocycles. The fourth-order valence-corrected chi connectivity index (χ4v) is 3.17. The largest absolute Gasteiger partial charge is 0.493 e. The number of alkyl halides is 2. The maximum absolute atomic E-state index is 6.50. The summed E-state index contributed by atoms with van der Waals surface area (Å²) in [6.45, 7) is 0. The Morgan fingerprint density at radius 2 is 2.11 bits per heavy atom. The molecule has 1 unspecified atom stereocenters. The molecule has 0 radical (unpaired) electrons. The van der Waals surface area contributed by atoms with Crippen LogP contribution < -0.4 is 4.74 Å². The first kappa shape index (κ1) is 14.0. The fourth-order valence-electron chi connectivity index (χ4n) is 1.53. The number of hydrogen-bond acceptors (Lipinski definition) is 2. The number of nitrogens with one attached hydrogen (secondary N) is 1. The molecular formula is C11H8BrCl3N2O. The van der Waals surface area contributed by atoms with Gasteiger partial charge in [-0.15, -0.1) is 0 Å². The van der Waals surface area contributed by atoms with Crippen molar-refractivity contribution in [1.29, 1.82) is 0 Å². The Morgan fingerprint density at radius 3 is 2.72 bits per heavy atom. The summed E-state index contributed by atoms with van der Waals surface area (Å²) in [5.74, 6) is 0.535. The van der Waals surface area contributed by atoms with E-state index in [4.69, 9.17) is 39.5 Å². The van der Waals surface area contributed by atoms with Crippen LogP contribution >= 0.6 is 50.7 Å². The summed E-state index contributed by atoms with van der Waals surface area (Å²) in [7, 11) is 1.54. The number of nitrogens with zero attached hydrogens (tertiary/aromatic N) is 1. The standard InChI is InChI=1S/C11H8BrCl3N2O/c1-18-9-5-16-17-10(9)11(12,15)7-3-2-6(13)4-8(7)14/h2-5H,1H3,(H,16,17). The number of benzene rings is 1. The third-order valence-electron chi connectivity index (χ3n) is 2.39. The van der Waals surface area contributed by atoms with Crippen LogP contribution in [0.4, 0.5) is 0 Å². The van der Waals surface area contributed by atoms with Crippen LogP contribution in [0, 0.1) is 0 Å². The Balaban J connectivity index is 2.54. The average Bonchev–Trinajstić information content (AvgIpc) is 2.76. The van der Waals surface area contributed by atoms with Gasteiger partial charge < -0.3 is 4.74 Å². The quantitative estimate of drug-likeness (QED) is 0.805. The molecule has 0 amide bonds. The van der Waals surface area contributed by atoms with Crippen molar-refractivity contribution in [3.63, 3.8) is 0 Å². The molecule has 0 saturated carbocycles. The highest BCUT2D eigenvalue weighted by Gasteiger charge is 2.36. The summed E-state index contributed by atoms with van der Waals surface area (Å²) in [5.41, 5.74) is 1.14. The van der Waals surface area contributed by atoms with Crippen molar-refractivity contribution in [1.82, 2.24) is 10.2 Å². The van der Waals surface area contributed by atoms with E-state index in [9.17, 15) is 0 Å². The van der Waals surface area contributed by atoms with Crippen molar-refractivity contribution in [2.75, 3.05) is 7.11 Å². The number of halogens is 4. The van der Waals surface area contributed by atoms with E-state index in [1.165, 1.54) is 7.11 Å². The van der Waals surface area contributed by atoms with E-state index >= 15 is 0 Å². The molecule has 0 spiro atoms. The first-order valence-corrected chi connectivity index (χ1v) is 6.81. The molecule has 2 aromatic rings. The zero-order valence-corrected chi connectivity index (χ0v) is 13.0. The number of ether oxygens (including phenoxy) is 1. The fraction of sp³-hybridized carbons (Fsp3) is 0.182. The Hall–Kier alpha value is -0.420. The van der Waals surface area contributed by atoms with Crippen LogP contribution in [0.25, 0.3) is 0 Å². The van der Waals surface area contributed by atoms with Crippen LogP contribution in [0.2, 0.25) is 10.0 Å². The normalized spacial score (nSPS) is 14.3. The molecule has 0 bridgehead atoms. The van der Waals surface area contributed by atoms with Gasteiger partial charge >= 0.3 is 0 Å². The lowest BCUT2D eigenvalue weighted by molar-refractivity contribution is 0.409. The van der Waals surface area contributed by atoms with Crippen molar-refractivity contribution >= 4 is 50.7 Å². The molecule has 1 N–H and O–H groups in total. The van der Waals surface area contributed by atoms with E-state index in [1.807, 2.05) is 0 Å². The predicted molar refractivity (Wildman–Crippen MR) is 77.2 cm³/mol. The Morgan fingerprint density at radius 1 is 1.39 bits per heavy atom. The molecule has 18 heavy (non-hydrogen) atoms. The van der Waals surface area contributed by atoms with E-state index < -0.39 is 3.78 Å². The van der Waals surface area contributed by atoms with Crippen LogP contribution in [0.5, 0.6) is 5.75 Å². The number of aromatic amines is 1. The average molecular weight is 370 g/mol. The molecule has 7 heteroatoms. The van der Waals surface area contributed by atoms with Crippen molar-refractivity contribution in [2.24, 2.45) is 0 Å². The van der Waals surface area contributed by atoms with Gasteiger partial charge in [0, 0.05) is 15.6 Å². The van der Waals surface area contributed by atoms with Gasteiger partial charge in [0.1, 0.15) is 5.69 Å². The molecule has 1 atom stereocenters. The van der Waals surface area contributed by atoms with Gasteiger partial charge in [-0.3, -0.25) is 5.10 Å². The van der Waals surface area contributed by atoms with Gasteiger partial charge in [0.15, 0.2) is 9.53 Å². The molecule has 1 aromatic heterocycles. The minimum atomic E-state index is -1.08. The van der Waals surface area contributed by atoms with E-state index in [0.717, 1.165) is 0 Å². The molecular weight excluding hydrogens is 362 g/mol. The van der Waals surface area contributed by atoms with Gasteiger partial charge in [-0.2, -0.15) is 5.10 Å². The lowest BCUT2D eigenvalue weighted by atomic mass is 10.1. The number of methoxy groups -OCH3 is 1. The van der Waals surface area contributed by atoms with Crippen molar-refractivity contribution in [3.8, 4) is 5.75 Å². The zero-order valence-electron chi connectivity index (χ0n) is 9.18. The Kier molecular flexibility index (Phi) is 4.11. The summed E-state index contributed by atoms with van der Waals surface area (Å²) in [6.07, 6.45) is 1.61. The van der Waals surface area contributed by atoms with Crippen LogP contribution in [0.3, 0.4) is 0 Å². The summed E-state index contributed by atoms with van der Waals surface area (Å²) >= 11 is 21.9. The van der Waals surface area contributed by atoms with Crippen LogP contribution in [-0.4, -0.2) is 17.3 Å². The van der Waals surface area contributed by atoms with Gasteiger partial charge in [0.05, 0.1) is 13.3 Å². The zero-order chi connectivity index (χ0) is 13.3. The first-order valence-electron chi connectivity index (χ1n) is 4.88. The maximum atomic E-state index is 6.50. The molecule has 0 saturated heterocycles. The number of H-pyrrole nitrogens is 1. The van der Waals surface area contributed by atoms with E-state index in [1.54, 1.807) is 24.4 Å². The highest BCUT2D eigenvalue weighted by molar-refractivity contribution is 9.10. The van der Waals surface area contributed by atoms with E-state index in [0.29, 0.717) is 27.1 Å². The minimum absolute atomic E-state index is 0.444. The third-order valence-corrected chi connectivity index (χ3v) is 4.13. The Labute approximate surface area is 128 Å². The molecule has 96 valence electrons. The molecule has 2 rings (SSSR count). The molecule has 0 aliphatic carbocycles. The second-order valence-electron chi connectivity index (χ2n) is 3.50. The smallest absolute Gasteiger partial charge is 0.173 e. The highest BCUT2D eigenvalue weighted by Crippen LogP contribution is 2.48. The number of rotatable bonds is 3. The minimum Gasteiger partial charge on any atom is -0.493 e. The summed E-state index contributed by atoms with van der Waals surface area (Å²) in [5, 5.41) is 7.76. The van der Waals surface area contributed by atoms with Crippen LogP contribution in [0.15, 0.2) is 24.4 Å². The second kappa shape index (κ2) is 5.29. The highest BCUT2D eigenvalue weighted by atomic mass is 79.9. The van der Waals surface area contributed by atoms with E-state index in [2.05, 4.69) is 26.1 Å². The van der Waals surface area contributed by atoms with Crippen LogP contribution in [0.1, 0.15) is 11.3 Å². The summed E-state index contributed by atoms with van der Waals surface area (Å²) < 4.78 is 4.10. The Bertz CT molecular complexity index is 571. The number of aromatic nitrogens is 2. The van der Waals surface area contributed by atoms with Gasteiger partial charge in [0.25, 0.3) is 0 Å². The molecule has 0 fully saturated rings. The van der Waals surface area contributed by atoms with Gasteiger partial charge in [0.2, 0.25) is 0 Å². The van der Waals surface area contributed by atoms with E-state index in [-0.39, 0.29) is 0 Å². The topological polar surface area (TPSA) is 37.9 Å². The van der Waals surface area contributed by atoms with Gasteiger partial charge in [-0.25, -0.2) is 0 Å². The first-order chi connectivity index (χ1) is 8.46. The molecule has 0 aliphatic rings. The molecule has 1 heterocycles. The summed E-state index contributed by atoms with van der Waals surface area (Å²) in [6, 6.07) is 5.07. The third kappa shape index (κ3) is 2.48. The predicted octanol–water partition coefficient (Wildman–Crippen LogP) is 4.56. The molecule has 0 aliphatic heterocycles. The second-order valence-corrected chi connectivity index (χ2v) is 6.56. The lowest BCUT2D eigenvalue weighted by Gasteiger charge is -2.20. The number of hydrogen-bond donors (Lipinski definition) is 1. The van der Waals surface area contributed by atoms with Gasteiger partial charge in [-0.05, 0) is 12.1 Å². The van der Waals surface area contributed by atoms with Crippen molar-refractivity contribution in [3.05, 3.63) is 45.7 Å². The van der Waals surface area contributed by atoms with Crippen LogP contribution in [-0.2, 0) is 3.78 Å². The van der Waals surface area contributed by atoms with Gasteiger partial charge in [-0.1, -0.05) is 56.8 Å².